The zero-order valence-electron chi connectivity index (χ0n) is 10.2. The second-order valence-corrected chi connectivity index (χ2v) is 4.46. The van der Waals surface area contributed by atoms with Gasteiger partial charge in [-0.25, -0.2) is 4.79 Å². The summed E-state index contributed by atoms with van der Waals surface area (Å²) in [6, 6.07) is -0.791. The Hall–Kier alpha value is -1.30. The van der Waals surface area contributed by atoms with Gasteiger partial charge >= 0.3 is 12.0 Å². The molecule has 98 valence electrons. The Kier molecular flexibility index (Phi) is 5.21. The van der Waals surface area contributed by atoms with Crippen molar-refractivity contribution in [3.63, 3.8) is 0 Å². The molecular formula is C11H20N2O4. The van der Waals surface area contributed by atoms with Crippen molar-refractivity contribution in [3.05, 3.63) is 0 Å². The van der Waals surface area contributed by atoms with Crippen molar-refractivity contribution in [3.8, 4) is 0 Å². The number of carboxylic acids is 1. The predicted molar refractivity (Wildman–Crippen MR) is 61.8 cm³/mol. The summed E-state index contributed by atoms with van der Waals surface area (Å²) in [5.74, 6) is -0.926. The number of hydrogen-bond acceptors (Lipinski definition) is 3. The molecule has 3 atom stereocenters. The monoisotopic (exact) mass is 244 g/mol. The van der Waals surface area contributed by atoms with Crippen LogP contribution in [0.3, 0.4) is 0 Å². The molecule has 3 unspecified atom stereocenters. The predicted octanol–water partition coefficient (Wildman–Crippen LogP) is 0.716. The molecule has 1 aliphatic rings. The van der Waals surface area contributed by atoms with Gasteiger partial charge in [-0.1, -0.05) is 0 Å². The summed E-state index contributed by atoms with van der Waals surface area (Å²) >= 11 is 0. The van der Waals surface area contributed by atoms with E-state index < -0.39 is 5.97 Å². The Bertz CT molecular complexity index is 277. The number of aliphatic carboxylic acids is 1. The summed E-state index contributed by atoms with van der Waals surface area (Å²) in [5.41, 5.74) is 0. The van der Waals surface area contributed by atoms with Gasteiger partial charge in [-0.05, 0) is 26.7 Å². The van der Waals surface area contributed by atoms with Gasteiger partial charge in [-0.15, -0.1) is 0 Å². The summed E-state index contributed by atoms with van der Waals surface area (Å²) in [6.07, 6.45) is 1.96. The van der Waals surface area contributed by atoms with Crippen molar-refractivity contribution in [2.45, 2.75) is 51.3 Å². The molecule has 1 heterocycles. The second kappa shape index (κ2) is 6.44. The van der Waals surface area contributed by atoms with Crippen LogP contribution in [0.4, 0.5) is 4.79 Å². The lowest BCUT2D eigenvalue weighted by atomic mass is 10.1. The van der Waals surface area contributed by atoms with Crippen LogP contribution in [-0.2, 0) is 9.53 Å². The molecule has 17 heavy (non-hydrogen) atoms. The Labute approximate surface area is 101 Å². The number of urea groups is 1. The third kappa shape index (κ3) is 5.04. The van der Waals surface area contributed by atoms with Crippen LogP contribution >= 0.6 is 0 Å². The lowest BCUT2D eigenvalue weighted by molar-refractivity contribution is -0.137. The number of ether oxygens (including phenoxy) is 1. The molecule has 2 amide bonds. The standard InChI is InChI=1S/C11H20N2O4/c1-7(6-10(14)15)12-11(16)13-8(2)9-4-3-5-17-9/h7-9H,3-6H2,1-2H3,(H,14,15)(H2,12,13,16). The number of rotatable bonds is 5. The zero-order valence-corrected chi connectivity index (χ0v) is 10.2. The van der Waals surface area contributed by atoms with E-state index in [-0.39, 0.29) is 30.6 Å². The number of hydrogen-bond donors (Lipinski definition) is 3. The smallest absolute Gasteiger partial charge is 0.315 e. The Morgan fingerprint density at radius 1 is 1.41 bits per heavy atom. The topological polar surface area (TPSA) is 87.7 Å². The van der Waals surface area contributed by atoms with E-state index in [1.165, 1.54) is 0 Å². The van der Waals surface area contributed by atoms with E-state index in [1.54, 1.807) is 6.92 Å². The first kappa shape index (κ1) is 13.8. The number of amides is 2. The fourth-order valence-corrected chi connectivity index (χ4v) is 1.88. The van der Waals surface area contributed by atoms with Gasteiger partial charge in [0.25, 0.3) is 0 Å². The molecule has 6 nitrogen and oxygen atoms in total. The van der Waals surface area contributed by atoms with Crippen molar-refractivity contribution in [1.82, 2.24) is 10.6 Å². The van der Waals surface area contributed by atoms with Crippen molar-refractivity contribution in [1.29, 1.82) is 0 Å². The zero-order chi connectivity index (χ0) is 12.8. The van der Waals surface area contributed by atoms with Gasteiger partial charge in [0.2, 0.25) is 0 Å². The van der Waals surface area contributed by atoms with Crippen LogP contribution in [0.15, 0.2) is 0 Å². The molecule has 1 rings (SSSR count). The van der Waals surface area contributed by atoms with E-state index in [0.717, 1.165) is 19.4 Å². The highest BCUT2D eigenvalue weighted by Gasteiger charge is 2.24. The van der Waals surface area contributed by atoms with Crippen LogP contribution < -0.4 is 10.6 Å². The van der Waals surface area contributed by atoms with Crippen LogP contribution in [-0.4, -0.2) is 41.9 Å². The van der Waals surface area contributed by atoms with Crippen molar-refractivity contribution in [2.75, 3.05) is 6.61 Å². The summed E-state index contributed by atoms with van der Waals surface area (Å²) < 4.78 is 5.45. The number of carbonyl (C=O) groups excluding carboxylic acids is 1. The lowest BCUT2D eigenvalue weighted by Gasteiger charge is -2.21. The number of nitrogens with one attached hydrogen (secondary N) is 2. The van der Waals surface area contributed by atoms with Crippen LogP contribution in [0.25, 0.3) is 0 Å². The van der Waals surface area contributed by atoms with E-state index >= 15 is 0 Å². The molecule has 0 aromatic heterocycles. The molecule has 0 spiro atoms. The van der Waals surface area contributed by atoms with Crippen LogP contribution in [0, 0.1) is 0 Å². The van der Waals surface area contributed by atoms with Gasteiger partial charge in [0.05, 0.1) is 18.6 Å². The number of carboxylic acid groups (broad SMARTS) is 1. The second-order valence-electron chi connectivity index (χ2n) is 4.46. The highest BCUT2D eigenvalue weighted by Crippen LogP contribution is 2.15. The normalized spacial score (nSPS) is 22.8. The van der Waals surface area contributed by atoms with Gasteiger partial charge in [0.1, 0.15) is 0 Å². The Balaban J connectivity index is 2.25. The van der Waals surface area contributed by atoms with Gasteiger partial charge in [0, 0.05) is 12.6 Å². The largest absolute Gasteiger partial charge is 0.481 e. The molecule has 1 aliphatic heterocycles. The molecule has 0 radical (unpaired) electrons. The van der Waals surface area contributed by atoms with Crippen LogP contribution in [0.1, 0.15) is 33.1 Å². The molecular weight excluding hydrogens is 224 g/mol. The minimum Gasteiger partial charge on any atom is -0.481 e. The molecule has 0 aromatic carbocycles. The van der Waals surface area contributed by atoms with E-state index in [9.17, 15) is 9.59 Å². The highest BCUT2D eigenvalue weighted by atomic mass is 16.5. The van der Waals surface area contributed by atoms with E-state index in [4.69, 9.17) is 9.84 Å². The molecule has 0 saturated carbocycles. The third-order valence-electron chi connectivity index (χ3n) is 2.74. The summed E-state index contributed by atoms with van der Waals surface area (Å²) in [7, 11) is 0. The average molecular weight is 244 g/mol. The molecule has 0 aromatic rings. The van der Waals surface area contributed by atoms with Gasteiger partial charge in [-0.2, -0.15) is 0 Å². The van der Waals surface area contributed by atoms with Gasteiger partial charge in [0.15, 0.2) is 0 Å². The maximum absolute atomic E-state index is 11.5. The molecule has 3 N–H and O–H groups in total. The van der Waals surface area contributed by atoms with Gasteiger partial charge < -0.3 is 20.5 Å². The average Bonchev–Trinajstić information content (AvgIpc) is 2.67. The maximum atomic E-state index is 11.5. The number of carbonyl (C=O) groups is 2. The van der Waals surface area contributed by atoms with Gasteiger partial charge in [-0.3, -0.25) is 4.79 Å². The SMILES string of the molecule is CC(CC(=O)O)NC(=O)NC(C)C1CCCO1. The van der Waals surface area contributed by atoms with E-state index in [0.29, 0.717) is 0 Å². The Morgan fingerprint density at radius 2 is 2.12 bits per heavy atom. The van der Waals surface area contributed by atoms with Crippen molar-refractivity contribution in [2.24, 2.45) is 0 Å². The van der Waals surface area contributed by atoms with Crippen molar-refractivity contribution < 1.29 is 19.4 Å². The van der Waals surface area contributed by atoms with E-state index in [2.05, 4.69) is 10.6 Å². The third-order valence-corrected chi connectivity index (χ3v) is 2.74. The summed E-state index contributed by atoms with van der Waals surface area (Å²) in [4.78, 5) is 22.0. The van der Waals surface area contributed by atoms with Crippen molar-refractivity contribution >= 4 is 12.0 Å². The van der Waals surface area contributed by atoms with E-state index in [1.807, 2.05) is 6.92 Å². The molecule has 1 saturated heterocycles. The molecule has 0 aliphatic carbocycles. The first-order chi connectivity index (χ1) is 7.99. The highest BCUT2D eigenvalue weighted by molar-refractivity contribution is 5.75. The molecule has 6 heteroatoms. The lowest BCUT2D eigenvalue weighted by Crippen LogP contribution is -2.48. The first-order valence-electron chi connectivity index (χ1n) is 5.89. The summed E-state index contributed by atoms with van der Waals surface area (Å²) in [5, 5.41) is 13.9. The minimum atomic E-state index is -0.926. The molecule has 0 bridgehead atoms. The molecule has 1 fully saturated rings. The fraction of sp³-hybridized carbons (Fsp3) is 0.818. The minimum absolute atomic E-state index is 0.0606. The first-order valence-corrected chi connectivity index (χ1v) is 5.89. The summed E-state index contributed by atoms with van der Waals surface area (Å²) in [6.45, 7) is 4.29. The maximum Gasteiger partial charge on any atom is 0.315 e. The van der Waals surface area contributed by atoms with Crippen LogP contribution in [0.5, 0.6) is 0 Å². The quantitative estimate of drug-likeness (QED) is 0.665. The fourth-order valence-electron chi connectivity index (χ4n) is 1.88. The Morgan fingerprint density at radius 3 is 2.65 bits per heavy atom. The van der Waals surface area contributed by atoms with Crippen LogP contribution in [0.2, 0.25) is 0 Å².